The molecule has 0 radical (unpaired) electrons. The summed E-state index contributed by atoms with van der Waals surface area (Å²) in [5.74, 6) is -1.05. The van der Waals surface area contributed by atoms with Gasteiger partial charge in [0, 0.05) is 14.1 Å². The molecule has 0 saturated heterocycles. The molecule has 0 spiro atoms. The summed E-state index contributed by atoms with van der Waals surface area (Å²) < 4.78 is 0. The van der Waals surface area contributed by atoms with Crippen LogP contribution in [0.5, 0.6) is 0 Å². The Labute approximate surface area is 114 Å². The Morgan fingerprint density at radius 1 is 1.16 bits per heavy atom. The van der Waals surface area contributed by atoms with Crippen molar-refractivity contribution >= 4 is 12.0 Å². The van der Waals surface area contributed by atoms with Gasteiger partial charge in [-0.3, -0.25) is 0 Å². The zero-order valence-electron chi connectivity index (χ0n) is 12.1. The summed E-state index contributed by atoms with van der Waals surface area (Å²) >= 11 is 0. The molecule has 2 unspecified atom stereocenters. The van der Waals surface area contributed by atoms with Crippen molar-refractivity contribution in [2.24, 2.45) is 0 Å². The number of urea groups is 1. The fourth-order valence-corrected chi connectivity index (χ4v) is 2.30. The van der Waals surface area contributed by atoms with E-state index in [9.17, 15) is 14.7 Å². The number of carboxylic acids is 1. The van der Waals surface area contributed by atoms with Gasteiger partial charge in [-0.05, 0) is 26.7 Å². The van der Waals surface area contributed by atoms with E-state index in [1.165, 1.54) is 30.7 Å². The highest BCUT2D eigenvalue weighted by molar-refractivity contribution is 5.85. The second-order valence-electron chi connectivity index (χ2n) is 5.74. The van der Waals surface area contributed by atoms with Crippen LogP contribution in [0.1, 0.15) is 39.5 Å². The molecule has 1 rings (SSSR count). The van der Waals surface area contributed by atoms with Crippen LogP contribution in [0.15, 0.2) is 0 Å². The van der Waals surface area contributed by atoms with Crippen LogP contribution >= 0.6 is 0 Å². The highest BCUT2D eigenvalue weighted by Gasteiger charge is 2.39. The van der Waals surface area contributed by atoms with Crippen molar-refractivity contribution in [3.63, 3.8) is 0 Å². The largest absolute Gasteiger partial charge is 0.480 e. The van der Waals surface area contributed by atoms with E-state index in [1.807, 2.05) is 0 Å². The summed E-state index contributed by atoms with van der Waals surface area (Å²) in [7, 11) is 3.10. The number of aliphatic carboxylic acids is 1. The predicted octanol–water partition coefficient (Wildman–Crippen LogP) is 1.14. The van der Waals surface area contributed by atoms with E-state index in [0.29, 0.717) is 6.42 Å². The standard InChI is InChI=1S/C13H24N2O4/c1-13(2,11(17)18)15(4)12(19)14(3)9-7-5-6-8-10(9)16/h9-10,16H,5-8H2,1-4H3,(H,17,18). The number of likely N-dealkylation sites (N-methyl/N-ethyl adjacent to an activating group) is 2. The maximum absolute atomic E-state index is 12.3. The topological polar surface area (TPSA) is 81.1 Å². The number of aliphatic hydroxyl groups excluding tert-OH is 1. The minimum atomic E-state index is -1.27. The lowest BCUT2D eigenvalue weighted by atomic mass is 9.91. The molecule has 0 aromatic carbocycles. The maximum Gasteiger partial charge on any atom is 0.329 e. The second kappa shape index (κ2) is 5.77. The first-order chi connectivity index (χ1) is 8.69. The minimum Gasteiger partial charge on any atom is -0.480 e. The van der Waals surface area contributed by atoms with Crippen molar-refractivity contribution in [3.05, 3.63) is 0 Å². The van der Waals surface area contributed by atoms with Crippen LogP contribution in [0.2, 0.25) is 0 Å². The molecule has 0 bridgehead atoms. The lowest BCUT2D eigenvalue weighted by Gasteiger charge is -2.40. The van der Waals surface area contributed by atoms with Crippen molar-refractivity contribution in [1.82, 2.24) is 9.80 Å². The lowest BCUT2D eigenvalue weighted by molar-refractivity contribution is -0.147. The predicted molar refractivity (Wildman–Crippen MR) is 70.9 cm³/mol. The van der Waals surface area contributed by atoms with Gasteiger partial charge in [-0.2, -0.15) is 0 Å². The fourth-order valence-electron chi connectivity index (χ4n) is 2.30. The normalized spacial score (nSPS) is 23.8. The average Bonchev–Trinajstić information content (AvgIpc) is 2.36. The zero-order chi connectivity index (χ0) is 14.8. The monoisotopic (exact) mass is 272 g/mol. The number of carbonyl (C=O) groups excluding carboxylic acids is 1. The molecule has 2 atom stereocenters. The van der Waals surface area contributed by atoms with E-state index >= 15 is 0 Å². The van der Waals surface area contributed by atoms with Crippen LogP contribution in [0, 0.1) is 0 Å². The summed E-state index contributed by atoms with van der Waals surface area (Å²) in [4.78, 5) is 26.2. The van der Waals surface area contributed by atoms with Gasteiger partial charge in [0.2, 0.25) is 0 Å². The number of aliphatic hydroxyl groups is 1. The number of carboxylic acid groups (broad SMARTS) is 1. The highest BCUT2D eigenvalue weighted by atomic mass is 16.4. The Bertz CT molecular complexity index is 357. The molecule has 2 N–H and O–H groups in total. The van der Waals surface area contributed by atoms with Crippen LogP contribution in [-0.4, -0.2) is 63.8 Å². The van der Waals surface area contributed by atoms with E-state index in [1.54, 1.807) is 7.05 Å². The van der Waals surface area contributed by atoms with E-state index in [-0.39, 0.29) is 12.1 Å². The van der Waals surface area contributed by atoms with Gasteiger partial charge in [0.25, 0.3) is 0 Å². The van der Waals surface area contributed by atoms with Crippen molar-refractivity contribution in [2.75, 3.05) is 14.1 Å². The molecule has 1 fully saturated rings. The molecular formula is C13H24N2O4. The van der Waals surface area contributed by atoms with Gasteiger partial charge in [0.05, 0.1) is 12.1 Å². The quantitative estimate of drug-likeness (QED) is 0.807. The number of rotatable bonds is 3. The Kier molecular flexibility index (Phi) is 4.79. The Morgan fingerprint density at radius 3 is 2.16 bits per heavy atom. The van der Waals surface area contributed by atoms with E-state index in [2.05, 4.69) is 0 Å². The molecule has 0 heterocycles. The van der Waals surface area contributed by atoms with Gasteiger partial charge in [-0.1, -0.05) is 12.8 Å². The van der Waals surface area contributed by atoms with Gasteiger partial charge in [0.1, 0.15) is 5.54 Å². The molecule has 6 nitrogen and oxygen atoms in total. The average molecular weight is 272 g/mol. The summed E-state index contributed by atoms with van der Waals surface area (Å²) in [6, 6.07) is -0.605. The molecule has 6 heteroatoms. The first kappa shape index (κ1) is 15.8. The summed E-state index contributed by atoms with van der Waals surface area (Å²) in [5.41, 5.74) is -1.27. The first-order valence-corrected chi connectivity index (χ1v) is 6.61. The van der Waals surface area contributed by atoms with Gasteiger partial charge < -0.3 is 20.0 Å². The Hall–Kier alpha value is -1.30. The van der Waals surface area contributed by atoms with Crippen LogP contribution < -0.4 is 0 Å². The molecule has 110 valence electrons. The van der Waals surface area contributed by atoms with Crippen LogP contribution in [0.25, 0.3) is 0 Å². The third-order valence-corrected chi connectivity index (χ3v) is 4.14. The SMILES string of the molecule is CN(C(=O)N(C)C(C)(C)C(=O)O)C1CCCCC1O. The number of nitrogens with zero attached hydrogens (tertiary/aromatic N) is 2. The summed E-state index contributed by atoms with van der Waals surface area (Å²) in [5, 5.41) is 19.1. The van der Waals surface area contributed by atoms with Crippen molar-refractivity contribution in [1.29, 1.82) is 0 Å². The Balaban J connectivity index is 2.78. The molecule has 1 aliphatic carbocycles. The van der Waals surface area contributed by atoms with E-state index in [0.717, 1.165) is 19.3 Å². The molecule has 2 amide bonds. The highest BCUT2D eigenvalue weighted by Crippen LogP contribution is 2.24. The van der Waals surface area contributed by atoms with Gasteiger partial charge in [0.15, 0.2) is 0 Å². The zero-order valence-corrected chi connectivity index (χ0v) is 12.1. The van der Waals surface area contributed by atoms with Crippen molar-refractivity contribution < 1.29 is 19.8 Å². The number of carbonyl (C=O) groups is 2. The maximum atomic E-state index is 12.3. The molecule has 0 aromatic heterocycles. The summed E-state index contributed by atoms with van der Waals surface area (Å²) in [6.07, 6.45) is 2.87. The Morgan fingerprint density at radius 2 is 1.68 bits per heavy atom. The van der Waals surface area contributed by atoms with Crippen molar-refractivity contribution in [2.45, 2.75) is 57.2 Å². The van der Waals surface area contributed by atoms with Crippen molar-refractivity contribution in [3.8, 4) is 0 Å². The molecular weight excluding hydrogens is 248 g/mol. The first-order valence-electron chi connectivity index (χ1n) is 6.61. The number of hydrogen-bond donors (Lipinski definition) is 2. The number of hydrogen-bond acceptors (Lipinski definition) is 3. The molecule has 0 aliphatic heterocycles. The summed E-state index contributed by atoms with van der Waals surface area (Å²) in [6.45, 7) is 2.97. The van der Waals surface area contributed by atoms with Crippen LogP contribution in [0.4, 0.5) is 4.79 Å². The minimum absolute atomic E-state index is 0.228. The van der Waals surface area contributed by atoms with Crippen LogP contribution in [0.3, 0.4) is 0 Å². The lowest BCUT2D eigenvalue weighted by Crippen LogP contribution is -2.57. The molecule has 0 aromatic rings. The fraction of sp³-hybridized carbons (Fsp3) is 0.846. The van der Waals surface area contributed by atoms with Crippen LogP contribution in [-0.2, 0) is 4.79 Å². The second-order valence-corrected chi connectivity index (χ2v) is 5.74. The third-order valence-electron chi connectivity index (χ3n) is 4.14. The smallest absolute Gasteiger partial charge is 0.329 e. The van der Waals surface area contributed by atoms with Gasteiger partial charge in [-0.25, -0.2) is 9.59 Å². The third kappa shape index (κ3) is 3.18. The molecule has 1 saturated carbocycles. The van der Waals surface area contributed by atoms with Gasteiger partial charge >= 0.3 is 12.0 Å². The number of amides is 2. The van der Waals surface area contributed by atoms with E-state index in [4.69, 9.17) is 5.11 Å². The van der Waals surface area contributed by atoms with Gasteiger partial charge in [-0.15, -0.1) is 0 Å². The molecule has 1 aliphatic rings. The van der Waals surface area contributed by atoms with E-state index < -0.39 is 17.6 Å². The molecule has 19 heavy (non-hydrogen) atoms.